The van der Waals surface area contributed by atoms with Crippen LogP contribution in [0.2, 0.25) is 0 Å². The van der Waals surface area contributed by atoms with Gasteiger partial charge in [-0.3, -0.25) is 14.0 Å². The Morgan fingerprint density at radius 3 is 2.85 bits per heavy atom. The van der Waals surface area contributed by atoms with Gasteiger partial charge in [-0.1, -0.05) is 6.92 Å². The van der Waals surface area contributed by atoms with Gasteiger partial charge < -0.3 is 4.90 Å². The minimum absolute atomic E-state index is 0.0117. The van der Waals surface area contributed by atoms with E-state index in [0.717, 1.165) is 41.8 Å². The molecule has 1 fully saturated rings. The van der Waals surface area contributed by atoms with Gasteiger partial charge in [0.1, 0.15) is 17.9 Å². The molecule has 0 aromatic carbocycles. The van der Waals surface area contributed by atoms with Crippen LogP contribution in [0.15, 0.2) is 16.9 Å². The van der Waals surface area contributed by atoms with E-state index in [1.807, 2.05) is 22.3 Å². The number of hydrogen-bond donors (Lipinski definition) is 0. The number of aromatic nitrogens is 3. The second kappa shape index (κ2) is 6.54. The zero-order valence-electron chi connectivity index (χ0n) is 15.5. The van der Waals surface area contributed by atoms with E-state index in [0.29, 0.717) is 11.9 Å². The van der Waals surface area contributed by atoms with Crippen molar-refractivity contribution in [2.75, 3.05) is 6.54 Å². The summed E-state index contributed by atoms with van der Waals surface area (Å²) in [6.45, 7) is 6.96. The van der Waals surface area contributed by atoms with Gasteiger partial charge >= 0.3 is 0 Å². The van der Waals surface area contributed by atoms with E-state index in [1.54, 1.807) is 11.3 Å². The molecule has 3 aromatic rings. The van der Waals surface area contributed by atoms with Crippen LogP contribution in [0, 0.1) is 6.92 Å². The molecular weight excluding hydrogens is 348 g/mol. The van der Waals surface area contributed by atoms with Crippen molar-refractivity contribution in [3.63, 3.8) is 0 Å². The minimum atomic E-state index is -0.193. The van der Waals surface area contributed by atoms with Crippen LogP contribution >= 0.6 is 11.3 Å². The highest BCUT2D eigenvalue weighted by molar-refractivity contribution is 7.19. The molecule has 0 radical (unpaired) electrons. The van der Waals surface area contributed by atoms with Gasteiger partial charge in [-0.2, -0.15) is 5.10 Å². The molecule has 1 aliphatic heterocycles. The van der Waals surface area contributed by atoms with Crippen molar-refractivity contribution in [1.82, 2.24) is 19.1 Å². The third kappa shape index (κ3) is 2.74. The maximum Gasteiger partial charge on any atom is 0.291 e. The molecule has 0 aliphatic carbocycles. The summed E-state index contributed by atoms with van der Waals surface area (Å²) < 4.78 is 4.39. The smallest absolute Gasteiger partial charge is 0.291 e. The molecule has 138 valence electrons. The Morgan fingerprint density at radius 1 is 1.31 bits per heavy atom. The molecule has 0 N–H and O–H groups in total. The first-order valence-electron chi connectivity index (χ1n) is 9.30. The number of piperidine rings is 1. The minimum Gasteiger partial charge on any atom is -0.338 e. The van der Waals surface area contributed by atoms with E-state index in [-0.39, 0.29) is 24.1 Å². The van der Waals surface area contributed by atoms with Crippen LogP contribution < -0.4 is 5.56 Å². The Morgan fingerprint density at radius 2 is 2.12 bits per heavy atom. The highest BCUT2D eigenvalue weighted by Crippen LogP contribution is 2.28. The number of rotatable bonds is 3. The number of carbonyl (C=O) groups excluding carboxylic acids is 1. The quantitative estimate of drug-likeness (QED) is 0.710. The monoisotopic (exact) mass is 372 g/mol. The summed E-state index contributed by atoms with van der Waals surface area (Å²) in [4.78, 5) is 28.8. The Bertz CT molecular complexity index is 1050. The first-order valence-corrected chi connectivity index (χ1v) is 10.1. The lowest BCUT2D eigenvalue weighted by molar-refractivity contribution is -0.135. The summed E-state index contributed by atoms with van der Waals surface area (Å²) >= 11 is 1.68. The number of aryl methyl sites for hydroxylation is 2. The average molecular weight is 372 g/mol. The van der Waals surface area contributed by atoms with Crippen molar-refractivity contribution < 1.29 is 4.79 Å². The van der Waals surface area contributed by atoms with Gasteiger partial charge in [0.15, 0.2) is 0 Å². The van der Waals surface area contributed by atoms with Crippen molar-refractivity contribution in [1.29, 1.82) is 0 Å². The lowest BCUT2D eigenvalue weighted by Gasteiger charge is -2.33. The van der Waals surface area contributed by atoms with Crippen LogP contribution in [0.1, 0.15) is 43.8 Å². The molecule has 1 atom stereocenters. The molecule has 7 heteroatoms. The molecule has 1 aliphatic rings. The van der Waals surface area contributed by atoms with Crippen molar-refractivity contribution in [3.05, 3.63) is 33.2 Å². The predicted octanol–water partition coefficient (Wildman–Crippen LogP) is 2.98. The second-order valence-corrected chi connectivity index (χ2v) is 8.42. The molecule has 1 saturated heterocycles. The summed E-state index contributed by atoms with van der Waals surface area (Å²) in [5, 5.41) is 4.53. The first-order chi connectivity index (χ1) is 12.5. The van der Waals surface area contributed by atoms with E-state index in [1.165, 1.54) is 9.56 Å². The Hall–Kier alpha value is -2.15. The zero-order valence-corrected chi connectivity index (χ0v) is 16.3. The normalized spacial score (nSPS) is 18.1. The van der Waals surface area contributed by atoms with E-state index in [2.05, 4.69) is 25.0 Å². The van der Waals surface area contributed by atoms with Gasteiger partial charge in [0.05, 0.1) is 10.2 Å². The van der Waals surface area contributed by atoms with Crippen LogP contribution in [0.25, 0.3) is 15.7 Å². The van der Waals surface area contributed by atoms with E-state index in [4.69, 9.17) is 0 Å². The molecule has 4 heterocycles. The summed E-state index contributed by atoms with van der Waals surface area (Å²) in [6, 6.07) is 4.27. The predicted molar refractivity (Wildman–Crippen MR) is 104 cm³/mol. The number of fused-ring (bicyclic) bond motifs is 3. The summed E-state index contributed by atoms with van der Waals surface area (Å²) in [5.74, 6) is 0.800. The van der Waals surface area contributed by atoms with Crippen LogP contribution in [0.3, 0.4) is 0 Å². The standard InChI is InChI=1S/C19H24N4O2S/c1-4-17-20-22(11-18(24)21-8-6-5-7-12(21)2)19(25)15-10-16-14(23(15)17)9-13(3)26-16/h9-10,12H,4-8,11H2,1-3H3/t12-/m1/s1. The number of carbonyl (C=O) groups is 1. The van der Waals surface area contributed by atoms with Crippen LogP contribution in [0.5, 0.6) is 0 Å². The largest absolute Gasteiger partial charge is 0.338 e. The van der Waals surface area contributed by atoms with E-state index < -0.39 is 0 Å². The highest BCUT2D eigenvalue weighted by atomic mass is 32.1. The SMILES string of the molecule is CCc1nn(CC(=O)N2CCCC[C@H]2C)c(=O)c2cc3sc(C)cc3n12. The van der Waals surface area contributed by atoms with Gasteiger partial charge in [-0.15, -0.1) is 11.3 Å². The Balaban J connectivity index is 1.77. The van der Waals surface area contributed by atoms with Gasteiger partial charge in [0.2, 0.25) is 5.91 Å². The molecule has 6 nitrogen and oxygen atoms in total. The Labute approximate surface area is 156 Å². The fourth-order valence-electron chi connectivity index (χ4n) is 3.94. The van der Waals surface area contributed by atoms with E-state index >= 15 is 0 Å². The molecule has 0 spiro atoms. The molecule has 1 amide bonds. The summed E-state index contributed by atoms with van der Waals surface area (Å²) in [5.41, 5.74) is 1.45. The Kier molecular flexibility index (Phi) is 4.34. The molecule has 0 bridgehead atoms. The van der Waals surface area contributed by atoms with Crippen molar-refractivity contribution in [2.24, 2.45) is 0 Å². The van der Waals surface area contributed by atoms with Crippen molar-refractivity contribution in [2.45, 2.75) is 59.0 Å². The van der Waals surface area contributed by atoms with E-state index in [9.17, 15) is 9.59 Å². The fourth-order valence-corrected chi connectivity index (χ4v) is 4.88. The molecule has 26 heavy (non-hydrogen) atoms. The maximum atomic E-state index is 13.0. The number of likely N-dealkylation sites (tertiary alicyclic amines) is 1. The highest BCUT2D eigenvalue weighted by Gasteiger charge is 2.24. The summed E-state index contributed by atoms with van der Waals surface area (Å²) in [7, 11) is 0. The summed E-state index contributed by atoms with van der Waals surface area (Å²) in [6.07, 6.45) is 3.92. The number of thiophene rings is 1. The van der Waals surface area contributed by atoms with Gasteiger partial charge in [0, 0.05) is 23.9 Å². The lowest BCUT2D eigenvalue weighted by Crippen LogP contribution is -2.45. The third-order valence-corrected chi connectivity index (χ3v) is 6.27. The molecule has 3 aromatic heterocycles. The van der Waals surface area contributed by atoms with Crippen LogP contribution in [-0.2, 0) is 17.8 Å². The van der Waals surface area contributed by atoms with Crippen LogP contribution in [0.4, 0.5) is 0 Å². The van der Waals surface area contributed by atoms with Gasteiger partial charge in [0.25, 0.3) is 5.56 Å². The first kappa shape index (κ1) is 17.3. The zero-order chi connectivity index (χ0) is 18.4. The third-order valence-electron chi connectivity index (χ3n) is 5.29. The average Bonchev–Trinajstić information content (AvgIpc) is 3.14. The van der Waals surface area contributed by atoms with Crippen molar-refractivity contribution in [3.8, 4) is 0 Å². The van der Waals surface area contributed by atoms with Crippen molar-refractivity contribution >= 4 is 33.0 Å². The van der Waals surface area contributed by atoms with Gasteiger partial charge in [-0.05, 0) is 45.2 Å². The topological polar surface area (TPSA) is 59.6 Å². The van der Waals surface area contributed by atoms with Crippen LogP contribution in [-0.4, -0.2) is 37.6 Å². The lowest BCUT2D eigenvalue weighted by atomic mass is 10.0. The molecule has 0 saturated carbocycles. The molecular formula is C19H24N4O2S. The molecule has 4 rings (SSSR count). The van der Waals surface area contributed by atoms with Gasteiger partial charge in [-0.25, -0.2) is 4.68 Å². The number of nitrogens with zero attached hydrogens (tertiary/aromatic N) is 4. The second-order valence-electron chi connectivity index (χ2n) is 7.14. The molecule has 0 unspecified atom stereocenters. The fraction of sp³-hybridized carbons (Fsp3) is 0.526. The number of hydrogen-bond acceptors (Lipinski definition) is 4. The number of amides is 1. The maximum absolute atomic E-state index is 13.0.